The Labute approximate surface area is 172 Å². The Bertz CT molecular complexity index is 846. The fraction of sp³-hybridized carbons (Fsp3) is 0.333. The molecule has 0 bridgehead atoms. The molecular formula is C18H25N2O9P+2. The Hall–Kier alpha value is -1.89. The first kappa shape index (κ1) is 22.8. The lowest BCUT2D eigenvalue weighted by molar-refractivity contribution is -0.684. The molecule has 30 heavy (non-hydrogen) atoms. The van der Waals surface area contributed by atoms with E-state index in [2.05, 4.69) is 21.0 Å². The molecule has 11 nitrogen and oxygen atoms in total. The summed E-state index contributed by atoms with van der Waals surface area (Å²) in [6.45, 7) is -0.610. The number of hydrogen-bond donors (Lipinski definition) is 5. The fourth-order valence-corrected chi connectivity index (χ4v) is 3.76. The Kier molecular flexibility index (Phi) is 7.55. The lowest BCUT2D eigenvalue weighted by Gasteiger charge is -2.41. The maximum Gasteiger partial charge on any atom is 0.567 e. The van der Waals surface area contributed by atoms with Crippen LogP contribution in [0.5, 0.6) is 5.75 Å². The smallest absolute Gasteiger partial charge is 0.462 e. The van der Waals surface area contributed by atoms with E-state index in [1.807, 2.05) is 42.5 Å². The molecule has 1 aliphatic heterocycles. The Morgan fingerprint density at radius 2 is 1.53 bits per heavy atom. The molecule has 0 unspecified atom stereocenters. The predicted octanol–water partition coefficient (Wildman–Crippen LogP) is -0.988. The van der Waals surface area contributed by atoms with Crippen LogP contribution in [-0.2, 0) is 23.1 Å². The fourth-order valence-electron chi connectivity index (χ4n) is 3.01. The third-order valence-corrected chi connectivity index (χ3v) is 5.74. The highest BCUT2D eigenvalue weighted by atomic mass is 31.2. The average Bonchev–Trinajstić information content (AvgIpc) is 2.79. The van der Waals surface area contributed by atoms with Crippen LogP contribution in [0.3, 0.4) is 0 Å². The minimum Gasteiger partial charge on any atom is -0.462 e. The largest absolute Gasteiger partial charge is 0.567 e. The summed E-state index contributed by atoms with van der Waals surface area (Å²) in [5.41, 5.74) is 1.98. The van der Waals surface area contributed by atoms with Crippen LogP contribution >= 0.6 is 7.82 Å². The standard InChI is InChI=1S/C18H25N2O9P/c19-28-30(24,29-20)27-17-15(22)14(10-21)26-18(16(17)23)25-13-8-6-12(7-9-13)11-4-2-1-3-5-11/h1-9,14-18,21-23H,10H2,19-20H3/q+2/t14-,15-,16+,17+,18+/m1/s1. The molecule has 0 amide bonds. The number of rotatable bonds is 8. The van der Waals surface area contributed by atoms with Gasteiger partial charge in [-0.05, 0) is 23.3 Å². The molecule has 9 N–H and O–H groups in total. The first-order chi connectivity index (χ1) is 14.4. The molecular weight excluding hydrogens is 419 g/mol. The van der Waals surface area contributed by atoms with Gasteiger partial charge in [-0.2, -0.15) is 0 Å². The molecule has 1 fully saturated rings. The van der Waals surface area contributed by atoms with Crippen molar-refractivity contribution in [2.24, 2.45) is 0 Å². The van der Waals surface area contributed by atoms with E-state index >= 15 is 0 Å². The highest BCUT2D eigenvalue weighted by Crippen LogP contribution is 2.47. The second kappa shape index (κ2) is 9.94. The third-order valence-electron chi connectivity index (χ3n) is 4.60. The zero-order chi connectivity index (χ0) is 21.7. The molecule has 12 heteroatoms. The van der Waals surface area contributed by atoms with Gasteiger partial charge in [-0.1, -0.05) is 51.7 Å². The van der Waals surface area contributed by atoms with E-state index in [1.54, 1.807) is 12.1 Å². The van der Waals surface area contributed by atoms with Gasteiger partial charge in [0.2, 0.25) is 6.29 Å². The lowest BCUT2D eigenvalue weighted by Crippen LogP contribution is -2.62. The quantitative estimate of drug-likeness (QED) is 0.252. The van der Waals surface area contributed by atoms with Gasteiger partial charge >= 0.3 is 7.82 Å². The first-order valence-corrected chi connectivity index (χ1v) is 10.5. The van der Waals surface area contributed by atoms with Crippen molar-refractivity contribution in [2.45, 2.75) is 30.7 Å². The van der Waals surface area contributed by atoms with Crippen LogP contribution in [0.1, 0.15) is 0 Å². The van der Waals surface area contributed by atoms with Gasteiger partial charge < -0.3 is 24.8 Å². The Morgan fingerprint density at radius 3 is 2.10 bits per heavy atom. The van der Waals surface area contributed by atoms with Crippen LogP contribution in [0.15, 0.2) is 54.6 Å². The summed E-state index contributed by atoms with van der Waals surface area (Å²) < 4.78 is 37.2. The van der Waals surface area contributed by atoms with Crippen LogP contribution < -0.4 is 16.5 Å². The topological polar surface area (TPSA) is 179 Å². The van der Waals surface area contributed by atoms with Crippen molar-refractivity contribution < 1.29 is 54.9 Å². The second-order valence-electron chi connectivity index (χ2n) is 6.49. The van der Waals surface area contributed by atoms with Gasteiger partial charge in [0.15, 0.2) is 0 Å². The number of benzene rings is 2. The van der Waals surface area contributed by atoms with Gasteiger partial charge in [0.05, 0.1) is 6.61 Å². The van der Waals surface area contributed by atoms with Crippen molar-refractivity contribution in [3.8, 4) is 16.9 Å². The summed E-state index contributed by atoms with van der Waals surface area (Å²) in [4.78, 5) is 0. The molecule has 2 aromatic carbocycles. The van der Waals surface area contributed by atoms with Crippen LogP contribution in [0.25, 0.3) is 11.1 Å². The van der Waals surface area contributed by atoms with E-state index in [9.17, 15) is 19.9 Å². The zero-order valence-electron chi connectivity index (χ0n) is 15.9. The number of quaternary nitrogens is 2. The number of aliphatic hydroxyl groups excluding tert-OH is 3. The Balaban J connectivity index is 1.76. The molecule has 3 rings (SSSR count). The molecule has 1 heterocycles. The summed E-state index contributed by atoms with van der Waals surface area (Å²) in [6.07, 6.45) is -7.21. The van der Waals surface area contributed by atoms with Gasteiger partial charge in [0, 0.05) is 0 Å². The van der Waals surface area contributed by atoms with E-state index in [4.69, 9.17) is 14.0 Å². The SMILES string of the molecule is [NH3+]OP(=O)(O[NH3+])O[C@@H]1[C@H](O)[C@@H](Oc2ccc(-c3ccccc3)cc2)O[C@H](CO)[C@H]1O. The second-order valence-corrected chi connectivity index (χ2v) is 8.11. The number of phosphoric acid groups is 1. The van der Waals surface area contributed by atoms with Gasteiger partial charge in [0.1, 0.15) is 30.2 Å². The lowest BCUT2D eigenvalue weighted by atomic mass is 9.99. The summed E-state index contributed by atoms with van der Waals surface area (Å²) in [7, 11) is -4.25. The van der Waals surface area contributed by atoms with Gasteiger partial charge in [-0.15, -0.1) is 0 Å². The molecule has 5 atom stereocenters. The monoisotopic (exact) mass is 444 g/mol. The zero-order valence-corrected chi connectivity index (χ0v) is 16.8. The van der Waals surface area contributed by atoms with Gasteiger partial charge in [-0.3, -0.25) is 4.52 Å². The third kappa shape index (κ3) is 5.05. The summed E-state index contributed by atoms with van der Waals surface area (Å²) in [5.74, 6) is 6.31. The average molecular weight is 444 g/mol. The summed E-state index contributed by atoms with van der Waals surface area (Å²) in [6, 6.07) is 16.7. The van der Waals surface area contributed by atoms with E-state index in [-0.39, 0.29) is 0 Å². The molecule has 164 valence electrons. The predicted molar refractivity (Wildman–Crippen MR) is 101 cm³/mol. The summed E-state index contributed by atoms with van der Waals surface area (Å²) >= 11 is 0. The minimum atomic E-state index is -4.25. The van der Waals surface area contributed by atoms with Gasteiger partial charge in [0.25, 0.3) is 0 Å². The van der Waals surface area contributed by atoms with E-state index in [0.29, 0.717) is 5.75 Å². The molecule has 0 aliphatic carbocycles. The molecule has 0 aromatic heterocycles. The highest BCUT2D eigenvalue weighted by Gasteiger charge is 2.51. The maximum atomic E-state index is 12.2. The summed E-state index contributed by atoms with van der Waals surface area (Å²) in [5, 5.41) is 30.4. The minimum absolute atomic E-state index is 0.357. The van der Waals surface area contributed by atoms with Crippen molar-refractivity contribution in [1.82, 2.24) is 0 Å². The van der Waals surface area contributed by atoms with E-state index in [1.165, 1.54) is 0 Å². The van der Waals surface area contributed by atoms with Crippen LogP contribution in [-0.4, -0.2) is 52.6 Å². The van der Waals surface area contributed by atoms with Crippen molar-refractivity contribution in [3.63, 3.8) is 0 Å². The van der Waals surface area contributed by atoms with Crippen LogP contribution in [0, 0.1) is 0 Å². The van der Waals surface area contributed by atoms with E-state index < -0.39 is 45.1 Å². The molecule has 1 aliphatic rings. The van der Waals surface area contributed by atoms with Crippen molar-refractivity contribution in [3.05, 3.63) is 54.6 Å². The number of aliphatic hydroxyl groups is 3. The van der Waals surface area contributed by atoms with Crippen LogP contribution in [0.2, 0.25) is 0 Å². The van der Waals surface area contributed by atoms with E-state index in [0.717, 1.165) is 11.1 Å². The maximum absolute atomic E-state index is 12.2. The van der Waals surface area contributed by atoms with Crippen molar-refractivity contribution in [2.75, 3.05) is 6.61 Å². The number of ether oxygens (including phenoxy) is 2. The van der Waals surface area contributed by atoms with Crippen molar-refractivity contribution in [1.29, 1.82) is 0 Å². The highest BCUT2D eigenvalue weighted by molar-refractivity contribution is 7.48. The first-order valence-electron chi connectivity index (χ1n) is 9.01. The molecule has 0 spiro atoms. The van der Waals surface area contributed by atoms with Crippen molar-refractivity contribution >= 4 is 7.82 Å². The molecule has 1 saturated heterocycles. The molecule has 2 aromatic rings. The molecule has 0 saturated carbocycles. The molecule has 0 radical (unpaired) electrons. The van der Waals surface area contributed by atoms with Crippen LogP contribution in [0.4, 0.5) is 0 Å². The number of hydrogen-bond acceptors (Lipinski definition) is 9. The van der Waals surface area contributed by atoms with Gasteiger partial charge in [-0.25, -0.2) is 16.4 Å². The Morgan fingerprint density at radius 1 is 0.933 bits per heavy atom. The normalized spacial score (nSPS) is 27.0.